The van der Waals surface area contributed by atoms with Crippen LogP contribution in [0.2, 0.25) is 0 Å². The summed E-state index contributed by atoms with van der Waals surface area (Å²) < 4.78 is 0. The molecule has 0 aliphatic carbocycles. The van der Waals surface area contributed by atoms with Crippen molar-refractivity contribution >= 4 is 5.97 Å². The molecule has 3 saturated heterocycles. The van der Waals surface area contributed by atoms with Gasteiger partial charge in [0.05, 0.1) is 5.41 Å². The highest BCUT2D eigenvalue weighted by Gasteiger charge is 2.47. The van der Waals surface area contributed by atoms with Gasteiger partial charge in [0.1, 0.15) is 0 Å². The molecule has 4 nitrogen and oxygen atoms in total. The van der Waals surface area contributed by atoms with Crippen molar-refractivity contribution in [3.63, 3.8) is 0 Å². The zero-order valence-electron chi connectivity index (χ0n) is 11.3. The predicted molar refractivity (Wildman–Crippen MR) is 69.5 cm³/mol. The lowest BCUT2D eigenvalue weighted by molar-refractivity contribution is -0.148. The second-order valence-corrected chi connectivity index (χ2v) is 6.36. The molecule has 0 aromatic heterocycles. The third kappa shape index (κ3) is 1.86. The topological polar surface area (TPSA) is 43.8 Å². The van der Waals surface area contributed by atoms with E-state index in [4.69, 9.17) is 0 Å². The third-order valence-corrected chi connectivity index (χ3v) is 5.58. The van der Waals surface area contributed by atoms with Crippen LogP contribution in [0.4, 0.5) is 0 Å². The molecule has 4 unspecified atom stereocenters. The number of likely N-dealkylation sites (tertiary alicyclic amines) is 1. The van der Waals surface area contributed by atoms with Gasteiger partial charge in [-0.15, -0.1) is 0 Å². The maximum absolute atomic E-state index is 11.5. The predicted octanol–water partition coefficient (Wildman–Crippen LogP) is 1.27. The molecule has 18 heavy (non-hydrogen) atoms. The molecule has 2 bridgehead atoms. The largest absolute Gasteiger partial charge is 0.481 e. The summed E-state index contributed by atoms with van der Waals surface area (Å²) >= 11 is 0. The quantitative estimate of drug-likeness (QED) is 0.821. The van der Waals surface area contributed by atoms with Crippen LogP contribution >= 0.6 is 0 Å². The molecule has 3 heterocycles. The SMILES string of the molecule is CCC1(C(=O)O)CCN(C2CCN3CCC2C3)C1. The summed E-state index contributed by atoms with van der Waals surface area (Å²) in [5, 5.41) is 9.48. The molecule has 3 rings (SSSR count). The standard InChI is InChI=1S/C14H24N2O2/c1-2-14(13(17)18)5-8-16(10-14)12-4-7-15-6-3-11(12)9-15/h11-12H,2-10H2,1H3,(H,17,18). The Hall–Kier alpha value is -0.610. The number of hydrogen-bond donors (Lipinski definition) is 1. The fourth-order valence-electron chi connectivity index (χ4n) is 4.21. The first-order valence-electron chi connectivity index (χ1n) is 7.34. The van der Waals surface area contributed by atoms with E-state index in [0.29, 0.717) is 6.04 Å². The number of aliphatic carboxylic acids is 1. The van der Waals surface area contributed by atoms with Gasteiger partial charge in [-0.3, -0.25) is 9.69 Å². The highest BCUT2D eigenvalue weighted by Crippen LogP contribution is 2.39. The lowest BCUT2D eigenvalue weighted by Crippen LogP contribution is -2.47. The van der Waals surface area contributed by atoms with Crippen LogP contribution in [0.15, 0.2) is 0 Å². The van der Waals surface area contributed by atoms with Gasteiger partial charge in [-0.25, -0.2) is 0 Å². The molecule has 0 spiro atoms. The highest BCUT2D eigenvalue weighted by molar-refractivity contribution is 5.75. The molecule has 1 N–H and O–H groups in total. The molecule has 0 radical (unpaired) electrons. The first kappa shape index (κ1) is 12.4. The van der Waals surface area contributed by atoms with Crippen LogP contribution < -0.4 is 0 Å². The first-order valence-corrected chi connectivity index (χ1v) is 7.34. The molecule has 4 atom stereocenters. The Labute approximate surface area is 109 Å². The van der Waals surface area contributed by atoms with Gasteiger partial charge in [-0.1, -0.05) is 6.92 Å². The Kier molecular flexibility index (Phi) is 3.10. The number of carboxylic acid groups (broad SMARTS) is 1. The molecular weight excluding hydrogens is 228 g/mol. The number of piperidine rings is 1. The van der Waals surface area contributed by atoms with E-state index in [1.165, 1.54) is 32.5 Å². The molecule has 102 valence electrons. The Morgan fingerprint density at radius 1 is 1.33 bits per heavy atom. The number of hydrogen-bond acceptors (Lipinski definition) is 3. The molecule has 4 heteroatoms. The van der Waals surface area contributed by atoms with Gasteiger partial charge in [0.2, 0.25) is 0 Å². The van der Waals surface area contributed by atoms with Gasteiger partial charge >= 0.3 is 5.97 Å². The van der Waals surface area contributed by atoms with E-state index in [1.54, 1.807) is 0 Å². The molecule has 0 aromatic rings. The number of nitrogens with zero attached hydrogens (tertiary/aromatic N) is 2. The van der Waals surface area contributed by atoms with Crippen LogP contribution in [-0.2, 0) is 4.79 Å². The average molecular weight is 252 g/mol. The minimum Gasteiger partial charge on any atom is -0.481 e. The van der Waals surface area contributed by atoms with E-state index < -0.39 is 11.4 Å². The molecular formula is C14H24N2O2. The molecule has 0 amide bonds. The van der Waals surface area contributed by atoms with Gasteiger partial charge < -0.3 is 10.0 Å². The smallest absolute Gasteiger partial charge is 0.310 e. The fourth-order valence-corrected chi connectivity index (χ4v) is 4.21. The zero-order chi connectivity index (χ0) is 12.8. The van der Waals surface area contributed by atoms with Crippen LogP contribution in [0.1, 0.15) is 32.6 Å². The van der Waals surface area contributed by atoms with E-state index in [9.17, 15) is 9.90 Å². The van der Waals surface area contributed by atoms with Crippen molar-refractivity contribution in [2.75, 3.05) is 32.7 Å². The fraction of sp³-hybridized carbons (Fsp3) is 0.929. The van der Waals surface area contributed by atoms with Crippen molar-refractivity contribution in [2.45, 2.75) is 38.6 Å². The van der Waals surface area contributed by atoms with Gasteiger partial charge in [-0.05, 0) is 51.2 Å². The molecule has 3 aliphatic heterocycles. The molecule has 0 aromatic carbocycles. The lowest BCUT2D eigenvalue weighted by Gasteiger charge is -2.37. The van der Waals surface area contributed by atoms with Crippen molar-refractivity contribution in [3.8, 4) is 0 Å². The van der Waals surface area contributed by atoms with Crippen molar-refractivity contribution < 1.29 is 9.90 Å². The van der Waals surface area contributed by atoms with E-state index in [2.05, 4.69) is 9.80 Å². The zero-order valence-corrected chi connectivity index (χ0v) is 11.3. The number of carbonyl (C=O) groups is 1. The molecule has 3 fully saturated rings. The minimum absolute atomic E-state index is 0.463. The maximum Gasteiger partial charge on any atom is 0.310 e. The Bertz CT molecular complexity index is 347. The number of fused-ring (bicyclic) bond motifs is 2. The van der Waals surface area contributed by atoms with Crippen LogP contribution in [-0.4, -0.2) is 59.6 Å². The van der Waals surface area contributed by atoms with Crippen molar-refractivity contribution in [1.29, 1.82) is 0 Å². The summed E-state index contributed by atoms with van der Waals surface area (Å²) in [6.07, 6.45) is 4.16. The Morgan fingerprint density at radius 2 is 2.11 bits per heavy atom. The minimum atomic E-state index is -0.587. The number of carboxylic acids is 1. The molecule has 0 saturated carbocycles. The van der Waals surface area contributed by atoms with E-state index >= 15 is 0 Å². The van der Waals surface area contributed by atoms with Crippen molar-refractivity contribution in [2.24, 2.45) is 11.3 Å². The van der Waals surface area contributed by atoms with Crippen LogP contribution in [0, 0.1) is 11.3 Å². The lowest BCUT2D eigenvalue weighted by atomic mass is 9.84. The van der Waals surface area contributed by atoms with Gasteiger partial charge in [0, 0.05) is 19.1 Å². The Balaban J connectivity index is 1.70. The van der Waals surface area contributed by atoms with E-state index in [-0.39, 0.29) is 0 Å². The molecule has 3 aliphatic rings. The van der Waals surface area contributed by atoms with Crippen LogP contribution in [0.25, 0.3) is 0 Å². The third-order valence-electron chi connectivity index (χ3n) is 5.58. The van der Waals surface area contributed by atoms with Gasteiger partial charge in [-0.2, -0.15) is 0 Å². The second-order valence-electron chi connectivity index (χ2n) is 6.36. The van der Waals surface area contributed by atoms with Gasteiger partial charge in [0.25, 0.3) is 0 Å². The Morgan fingerprint density at radius 3 is 2.78 bits per heavy atom. The first-order chi connectivity index (χ1) is 8.64. The average Bonchev–Trinajstić information content (AvgIpc) is 2.96. The van der Waals surface area contributed by atoms with E-state index in [1.807, 2.05) is 6.92 Å². The summed E-state index contributed by atoms with van der Waals surface area (Å²) in [5.41, 5.74) is -0.463. The monoisotopic (exact) mass is 252 g/mol. The van der Waals surface area contributed by atoms with Gasteiger partial charge in [0.15, 0.2) is 0 Å². The number of rotatable bonds is 3. The summed E-state index contributed by atoms with van der Waals surface area (Å²) in [7, 11) is 0. The summed E-state index contributed by atoms with van der Waals surface area (Å²) in [4.78, 5) is 16.6. The maximum atomic E-state index is 11.5. The normalized spacial score (nSPS) is 44.4. The highest BCUT2D eigenvalue weighted by atomic mass is 16.4. The van der Waals surface area contributed by atoms with Crippen LogP contribution in [0.5, 0.6) is 0 Å². The summed E-state index contributed by atoms with van der Waals surface area (Å²) in [5.74, 6) is 0.205. The summed E-state index contributed by atoms with van der Waals surface area (Å²) in [6.45, 7) is 7.50. The summed E-state index contributed by atoms with van der Waals surface area (Å²) in [6, 6.07) is 0.650. The van der Waals surface area contributed by atoms with Crippen molar-refractivity contribution in [1.82, 2.24) is 9.80 Å². The second kappa shape index (κ2) is 4.49. The van der Waals surface area contributed by atoms with Crippen molar-refractivity contribution in [3.05, 3.63) is 0 Å². The van der Waals surface area contributed by atoms with E-state index in [0.717, 1.165) is 31.8 Å². The van der Waals surface area contributed by atoms with Crippen LogP contribution in [0.3, 0.4) is 0 Å².